The summed E-state index contributed by atoms with van der Waals surface area (Å²) in [6.07, 6.45) is 2.32. The number of hydrogen-bond donors (Lipinski definition) is 2. The molecule has 2 heteroatoms. The summed E-state index contributed by atoms with van der Waals surface area (Å²) >= 11 is 0. The molecule has 0 fully saturated rings. The summed E-state index contributed by atoms with van der Waals surface area (Å²) in [4.78, 5) is 0. The zero-order valence-electron chi connectivity index (χ0n) is 11.2. The number of rotatable bonds is 6. The molecule has 0 spiro atoms. The third kappa shape index (κ3) is 4.88. The number of benzene rings is 1. The molecular weight excluding hydrogens is 210 g/mol. The van der Waals surface area contributed by atoms with E-state index in [9.17, 15) is 5.11 Å². The normalized spacial score (nSPS) is 16.5. The van der Waals surface area contributed by atoms with Crippen molar-refractivity contribution >= 4 is 0 Å². The number of hydrogen-bond acceptors (Lipinski definition) is 2. The van der Waals surface area contributed by atoms with E-state index in [2.05, 4.69) is 31.2 Å². The van der Waals surface area contributed by atoms with Gasteiger partial charge in [0.2, 0.25) is 0 Å². The zero-order chi connectivity index (χ0) is 12.8. The molecule has 2 nitrogen and oxygen atoms in total. The van der Waals surface area contributed by atoms with E-state index in [0.717, 1.165) is 19.3 Å². The summed E-state index contributed by atoms with van der Waals surface area (Å²) in [5.41, 5.74) is 8.46. The summed E-state index contributed by atoms with van der Waals surface area (Å²) in [6.45, 7) is 6.13. The molecule has 3 unspecified atom stereocenters. The van der Waals surface area contributed by atoms with Crippen LogP contribution in [0.1, 0.15) is 50.2 Å². The number of aryl methyl sites for hydroxylation is 1. The Morgan fingerprint density at radius 3 is 2.24 bits per heavy atom. The molecule has 0 amide bonds. The first kappa shape index (κ1) is 14.2. The Balaban J connectivity index is 2.77. The van der Waals surface area contributed by atoms with Crippen molar-refractivity contribution in [3.8, 4) is 0 Å². The highest BCUT2D eigenvalue weighted by Crippen LogP contribution is 2.27. The first-order chi connectivity index (χ1) is 8.02. The van der Waals surface area contributed by atoms with Crippen LogP contribution in [0.3, 0.4) is 0 Å². The van der Waals surface area contributed by atoms with Crippen molar-refractivity contribution in [3.05, 3.63) is 35.4 Å². The van der Waals surface area contributed by atoms with Crippen LogP contribution < -0.4 is 5.73 Å². The van der Waals surface area contributed by atoms with Crippen LogP contribution in [0.5, 0.6) is 0 Å². The molecule has 0 bridgehead atoms. The Hall–Kier alpha value is -0.860. The van der Waals surface area contributed by atoms with Gasteiger partial charge in [-0.1, -0.05) is 36.8 Å². The standard InChI is InChI=1S/C15H25NO/c1-4-15(17)10-14(9-12(3)16)13-7-5-11(2)6-8-13/h5-8,12,14-15,17H,4,9-10,16H2,1-3H3. The molecule has 0 aliphatic heterocycles. The van der Waals surface area contributed by atoms with Crippen LogP contribution in [-0.2, 0) is 0 Å². The predicted molar refractivity (Wildman–Crippen MR) is 73.1 cm³/mol. The van der Waals surface area contributed by atoms with Gasteiger partial charge in [0.1, 0.15) is 0 Å². The van der Waals surface area contributed by atoms with E-state index in [4.69, 9.17) is 5.73 Å². The van der Waals surface area contributed by atoms with E-state index in [-0.39, 0.29) is 12.1 Å². The topological polar surface area (TPSA) is 46.2 Å². The molecule has 0 saturated heterocycles. The van der Waals surface area contributed by atoms with Gasteiger partial charge in [-0.15, -0.1) is 0 Å². The van der Waals surface area contributed by atoms with Crippen molar-refractivity contribution < 1.29 is 5.11 Å². The summed E-state index contributed by atoms with van der Waals surface area (Å²) in [5.74, 6) is 0.366. The third-order valence-corrected chi connectivity index (χ3v) is 3.23. The lowest BCUT2D eigenvalue weighted by atomic mass is 9.87. The van der Waals surface area contributed by atoms with Crippen molar-refractivity contribution in [2.45, 2.75) is 58.1 Å². The smallest absolute Gasteiger partial charge is 0.0543 e. The van der Waals surface area contributed by atoms with Crippen molar-refractivity contribution in [1.82, 2.24) is 0 Å². The fourth-order valence-electron chi connectivity index (χ4n) is 2.15. The maximum Gasteiger partial charge on any atom is 0.0543 e. The van der Waals surface area contributed by atoms with E-state index in [1.54, 1.807) is 0 Å². The highest BCUT2D eigenvalue weighted by Gasteiger charge is 2.17. The fraction of sp³-hybridized carbons (Fsp3) is 0.600. The van der Waals surface area contributed by atoms with Crippen molar-refractivity contribution in [2.24, 2.45) is 5.73 Å². The van der Waals surface area contributed by atoms with Gasteiger partial charge in [-0.3, -0.25) is 0 Å². The van der Waals surface area contributed by atoms with Gasteiger partial charge < -0.3 is 10.8 Å². The molecule has 0 aliphatic carbocycles. The van der Waals surface area contributed by atoms with Gasteiger partial charge in [-0.25, -0.2) is 0 Å². The van der Waals surface area contributed by atoms with Gasteiger partial charge in [-0.2, -0.15) is 0 Å². The Bertz CT molecular complexity index is 318. The molecule has 0 radical (unpaired) electrons. The Morgan fingerprint density at radius 1 is 1.18 bits per heavy atom. The van der Waals surface area contributed by atoms with E-state index in [1.807, 2.05) is 13.8 Å². The maximum absolute atomic E-state index is 9.82. The minimum Gasteiger partial charge on any atom is -0.393 e. The van der Waals surface area contributed by atoms with Crippen molar-refractivity contribution in [1.29, 1.82) is 0 Å². The first-order valence-electron chi connectivity index (χ1n) is 6.53. The Kier molecular flexibility index (Phi) is 5.66. The maximum atomic E-state index is 9.82. The molecule has 3 atom stereocenters. The zero-order valence-corrected chi connectivity index (χ0v) is 11.2. The second-order valence-corrected chi connectivity index (χ2v) is 5.12. The Labute approximate surface area is 105 Å². The van der Waals surface area contributed by atoms with Crippen LogP contribution >= 0.6 is 0 Å². The second kappa shape index (κ2) is 6.77. The van der Waals surface area contributed by atoms with Crippen molar-refractivity contribution in [2.75, 3.05) is 0 Å². The van der Waals surface area contributed by atoms with Gasteiger partial charge in [0.25, 0.3) is 0 Å². The number of aliphatic hydroxyl groups excluding tert-OH is 1. The van der Waals surface area contributed by atoms with E-state index >= 15 is 0 Å². The van der Waals surface area contributed by atoms with E-state index < -0.39 is 0 Å². The molecule has 1 aromatic rings. The third-order valence-electron chi connectivity index (χ3n) is 3.23. The van der Waals surface area contributed by atoms with Crippen LogP contribution in [0.4, 0.5) is 0 Å². The van der Waals surface area contributed by atoms with E-state index in [0.29, 0.717) is 5.92 Å². The van der Waals surface area contributed by atoms with Gasteiger partial charge in [0.15, 0.2) is 0 Å². The van der Waals surface area contributed by atoms with Crippen LogP contribution in [0.2, 0.25) is 0 Å². The van der Waals surface area contributed by atoms with Crippen LogP contribution in [0.15, 0.2) is 24.3 Å². The molecule has 0 aliphatic rings. The summed E-state index contributed by atoms with van der Waals surface area (Å²) in [5, 5.41) is 9.82. The van der Waals surface area contributed by atoms with Gasteiger partial charge in [-0.05, 0) is 44.6 Å². The van der Waals surface area contributed by atoms with Crippen LogP contribution in [0.25, 0.3) is 0 Å². The van der Waals surface area contributed by atoms with Gasteiger partial charge in [0.05, 0.1) is 6.10 Å². The molecule has 3 N–H and O–H groups in total. The van der Waals surface area contributed by atoms with Crippen LogP contribution in [-0.4, -0.2) is 17.3 Å². The molecule has 1 aromatic carbocycles. The van der Waals surface area contributed by atoms with Crippen LogP contribution in [0, 0.1) is 6.92 Å². The molecular formula is C15H25NO. The lowest BCUT2D eigenvalue weighted by molar-refractivity contribution is 0.148. The lowest BCUT2D eigenvalue weighted by Gasteiger charge is -2.22. The van der Waals surface area contributed by atoms with Gasteiger partial charge in [0, 0.05) is 6.04 Å². The molecule has 0 heterocycles. The first-order valence-corrected chi connectivity index (χ1v) is 6.53. The summed E-state index contributed by atoms with van der Waals surface area (Å²) in [7, 11) is 0. The lowest BCUT2D eigenvalue weighted by Crippen LogP contribution is -2.21. The molecule has 1 rings (SSSR count). The largest absolute Gasteiger partial charge is 0.393 e. The highest BCUT2D eigenvalue weighted by molar-refractivity contribution is 5.24. The minimum atomic E-state index is -0.222. The number of nitrogens with two attached hydrogens (primary N) is 1. The predicted octanol–water partition coefficient (Wildman–Crippen LogP) is 2.98. The van der Waals surface area contributed by atoms with Crippen molar-refractivity contribution in [3.63, 3.8) is 0 Å². The monoisotopic (exact) mass is 235 g/mol. The Morgan fingerprint density at radius 2 is 1.76 bits per heavy atom. The average molecular weight is 235 g/mol. The highest BCUT2D eigenvalue weighted by atomic mass is 16.3. The molecule has 17 heavy (non-hydrogen) atoms. The number of aliphatic hydroxyl groups is 1. The van der Waals surface area contributed by atoms with Gasteiger partial charge >= 0.3 is 0 Å². The average Bonchev–Trinajstić information content (AvgIpc) is 2.28. The SMILES string of the molecule is CCC(O)CC(CC(C)N)c1ccc(C)cc1. The quantitative estimate of drug-likeness (QED) is 0.796. The fourth-order valence-corrected chi connectivity index (χ4v) is 2.15. The van der Waals surface area contributed by atoms with E-state index in [1.165, 1.54) is 11.1 Å². The summed E-state index contributed by atoms with van der Waals surface area (Å²) in [6, 6.07) is 8.74. The molecule has 96 valence electrons. The molecule has 0 saturated carbocycles. The molecule has 0 aromatic heterocycles. The second-order valence-electron chi connectivity index (χ2n) is 5.12. The summed E-state index contributed by atoms with van der Waals surface area (Å²) < 4.78 is 0. The minimum absolute atomic E-state index is 0.172.